The first-order valence-electron chi connectivity index (χ1n) is 5.00. The zero-order valence-electron chi connectivity index (χ0n) is 9.17. The van der Waals surface area contributed by atoms with Gasteiger partial charge in [0.15, 0.2) is 11.9 Å². The first-order valence-corrected chi connectivity index (χ1v) is 5.00. The molecule has 0 N–H and O–H groups in total. The van der Waals surface area contributed by atoms with E-state index in [1.165, 1.54) is 4.57 Å². The van der Waals surface area contributed by atoms with E-state index in [0.717, 1.165) is 11.3 Å². The van der Waals surface area contributed by atoms with Crippen LogP contribution in [0.2, 0.25) is 0 Å². The Morgan fingerprint density at radius 3 is 2.33 bits per heavy atom. The van der Waals surface area contributed by atoms with Crippen LogP contribution in [-0.4, -0.2) is 6.98 Å². The molecule has 0 aliphatic carbocycles. The highest BCUT2D eigenvalue weighted by atomic mass is 19.4. The predicted octanol–water partition coefficient (Wildman–Crippen LogP) is 2.79. The van der Waals surface area contributed by atoms with Gasteiger partial charge in [-0.25, -0.2) is 4.57 Å². The highest BCUT2D eigenvalue weighted by Gasteiger charge is 2.31. The van der Waals surface area contributed by atoms with E-state index in [1.54, 1.807) is 19.2 Å². The molecule has 0 aliphatic rings. The average Bonchev–Trinajstić information content (AvgIpc) is 1.99. The van der Waals surface area contributed by atoms with Crippen LogP contribution < -0.4 is 4.57 Å². The van der Waals surface area contributed by atoms with E-state index in [4.69, 9.17) is 0 Å². The maximum Gasteiger partial charge on any atom is 0.542 e. The van der Waals surface area contributed by atoms with E-state index >= 15 is 0 Å². The van der Waals surface area contributed by atoms with Crippen molar-refractivity contribution in [2.75, 3.05) is 0 Å². The Hall–Kier alpha value is -0.995. The van der Waals surface area contributed by atoms with Gasteiger partial charge in [-0.2, -0.15) is 0 Å². The topological polar surface area (TPSA) is 3.88 Å². The average molecular weight is 217 g/mol. The van der Waals surface area contributed by atoms with Crippen molar-refractivity contribution in [2.24, 2.45) is 0 Å². The van der Waals surface area contributed by atoms with Gasteiger partial charge in [0.1, 0.15) is 6.44 Å². The van der Waals surface area contributed by atoms with Crippen LogP contribution in [0.4, 0.5) is 12.9 Å². The van der Waals surface area contributed by atoms with Gasteiger partial charge in [0.05, 0.1) is 0 Å². The molecule has 1 aromatic rings. The summed E-state index contributed by atoms with van der Waals surface area (Å²) < 4.78 is 38.4. The van der Waals surface area contributed by atoms with Crippen molar-refractivity contribution < 1.29 is 17.5 Å². The van der Waals surface area contributed by atoms with Crippen LogP contribution in [0.1, 0.15) is 31.0 Å². The Morgan fingerprint density at radius 2 is 1.87 bits per heavy atom. The van der Waals surface area contributed by atoms with E-state index in [2.05, 4.69) is 0 Å². The highest BCUT2D eigenvalue weighted by Crippen LogP contribution is 2.13. The lowest BCUT2D eigenvalue weighted by molar-refractivity contribution is -0.692. The Bertz CT molecular complexity index is 347. The molecule has 0 fully saturated rings. The van der Waals surface area contributed by atoms with E-state index < -0.39 is 13.4 Å². The molecule has 0 radical (unpaired) electrons. The van der Waals surface area contributed by atoms with E-state index in [9.17, 15) is 12.9 Å². The van der Waals surface area contributed by atoms with Gasteiger partial charge in [-0.1, -0.05) is 13.8 Å². The first-order chi connectivity index (χ1) is 6.79. The van der Waals surface area contributed by atoms with Crippen LogP contribution in [0.3, 0.4) is 0 Å². The number of aryl methyl sites for hydroxylation is 1. The van der Waals surface area contributed by atoms with Crippen LogP contribution in [-0.2, 0) is 6.44 Å². The number of pyridine rings is 1. The van der Waals surface area contributed by atoms with Gasteiger partial charge in [-0.15, -0.1) is 0 Å². The van der Waals surface area contributed by atoms with Gasteiger partial charge < -0.3 is 12.9 Å². The molecule has 15 heavy (non-hydrogen) atoms. The van der Waals surface area contributed by atoms with Gasteiger partial charge in [-0.05, 0) is 13.0 Å². The SMILES string of the molecule is Cc1ccc(C(C)C)[n+](C[B-](F)(F)F)c1. The minimum atomic E-state index is -4.78. The van der Waals surface area contributed by atoms with Crippen LogP contribution in [0, 0.1) is 6.92 Å². The molecule has 0 saturated carbocycles. The standard InChI is InChI=1S/C10H15BF3N/c1-8(2)10-5-4-9(3)6-15(10)7-11(12,13)14/h4-6,8H,7H2,1-3H3. The van der Waals surface area contributed by atoms with Crippen molar-refractivity contribution in [1.29, 1.82) is 0 Å². The Labute approximate surface area is 88.0 Å². The van der Waals surface area contributed by atoms with E-state index in [1.807, 2.05) is 19.9 Å². The van der Waals surface area contributed by atoms with Crippen molar-refractivity contribution in [2.45, 2.75) is 33.1 Å². The molecule has 0 spiro atoms. The number of hydrogen-bond donors (Lipinski definition) is 0. The van der Waals surface area contributed by atoms with Gasteiger partial charge in [0.25, 0.3) is 0 Å². The smallest absolute Gasteiger partial charge is 0.445 e. The molecule has 0 atom stereocenters. The van der Waals surface area contributed by atoms with Crippen molar-refractivity contribution >= 4 is 6.98 Å². The molecule has 0 aliphatic heterocycles. The van der Waals surface area contributed by atoms with Gasteiger partial charge in [0, 0.05) is 17.5 Å². The second-order valence-corrected chi connectivity index (χ2v) is 4.15. The van der Waals surface area contributed by atoms with E-state index in [0.29, 0.717) is 0 Å². The number of aromatic nitrogens is 1. The molecule has 1 rings (SSSR count). The number of hydrogen-bond acceptors (Lipinski definition) is 0. The Kier molecular flexibility index (Phi) is 3.42. The zero-order valence-corrected chi connectivity index (χ0v) is 9.17. The van der Waals surface area contributed by atoms with Crippen LogP contribution in [0.25, 0.3) is 0 Å². The summed E-state index contributed by atoms with van der Waals surface area (Å²) in [6.45, 7) is 0.801. The molecule has 5 heteroatoms. The largest absolute Gasteiger partial charge is 0.542 e. The number of nitrogens with zero attached hydrogens (tertiary/aromatic N) is 1. The number of rotatable bonds is 3. The minimum Gasteiger partial charge on any atom is -0.445 e. The summed E-state index contributed by atoms with van der Waals surface area (Å²) in [5.74, 6) is 0.101. The zero-order chi connectivity index (χ0) is 11.6. The van der Waals surface area contributed by atoms with E-state index in [-0.39, 0.29) is 5.92 Å². The third kappa shape index (κ3) is 3.57. The fourth-order valence-electron chi connectivity index (χ4n) is 1.58. The lowest BCUT2D eigenvalue weighted by Gasteiger charge is -2.13. The lowest BCUT2D eigenvalue weighted by atomic mass is 9.91. The first kappa shape index (κ1) is 12.1. The summed E-state index contributed by atoms with van der Waals surface area (Å²) in [7, 11) is 0. The van der Waals surface area contributed by atoms with Gasteiger partial charge in [0.2, 0.25) is 0 Å². The maximum atomic E-state index is 12.4. The highest BCUT2D eigenvalue weighted by molar-refractivity contribution is 6.56. The Morgan fingerprint density at radius 1 is 1.27 bits per heavy atom. The van der Waals surface area contributed by atoms with Crippen molar-refractivity contribution in [3.8, 4) is 0 Å². The third-order valence-electron chi connectivity index (χ3n) is 2.20. The molecule has 1 heterocycles. The maximum absolute atomic E-state index is 12.4. The van der Waals surface area contributed by atoms with Crippen LogP contribution in [0.5, 0.6) is 0 Å². The summed E-state index contributed by atoms with van der Waals surface area (Å²) >= 11 is 0. The van der Waals surface area contributed by atoms with Crippen molar-refractivity contribution in [3.63, 3.8) is 0 Å². The quantitative estimate of drug-likeness (QED) is 0.541. The molecule has 0 saturated heterocycles. The van der Waals surface area contributed by atoms with Crippen LogP contribution in [0.15, 0.2) is 18.3 Å². The molecular weight excluding hydrogens is 202 g/mol. The summed E-state index contributed by atoms with van der Waals surface area (Å²) in [5, 5.41) is 0. The second-order valence-electron chi connectivity index (χ2n) is 4.15. The van der Waals surface area contributed by atoms with Gasteiger partial charge >= 0.3 is 6.98 Å². The molecular formula is C10H15BF3N. The van der Waals surface area contributed by atoms with Crippen LogP contribution >= 0.6 is 0 Å². The fraction of sp³-hybridized carbons (Fsp3) is 0.500. The molecule has 0 unspecified atom stereocenters. The fourth-order valence-corrected chi connectivity index (χ4v) is 1.58. The normalized spacial score (nSPS) is 12.2. The number of halogens is 3. The summed E-state index contributed by atoms with van der Waals surface area (Å²) in [6, 6.07) is 3.61. The summed E-state index contributed by atoms with van der Waals surface area (Å²) in [5.41, 5.74) is 1.57. The summed E-state index contributed by atoms with van der Waals surface area (Å²) in [4.78, 5) is 0. The molecule has 0 bridgehead atoms. The van der Waals surface area contributed by atoms with Crippen molar-refractivity contribution in [3.05, 3.63) is 29.6 Å². The second kappa shape index (κ2) is 4.25. The Balaban J connectivity index is 3.08. The minimum absolute atomic E-state index is 0.101. The lowest BCUT2D eigenvalue weighted by Crippen LogP contribution is -2.47. The summed E-state index contributed by atoms with van der Waals surface area (Å²) in [6.07, 6.45) is 0.708. The molecule has 1 aromatic heterocycles. The predicted molar refractivity (Wildman–Crippen MR) is 54.5 cm³/mol. The third-order valence-corrected chi connectivity index (χ3v) is 2.20. The molecule has 1 nitrogen and oxygen atoms in total. The van der Waals surface area contributed by atoms with Crippen molar-refractivity contribution in [1.82, 2.24) is 0 Å². The molecule has 0 amide bonds. The monoisotopic (exact) mass is 217 g/mol. The van der Waals surface area contributed by atoms with Gasteiger partial charge in [-0.3, -0.25) is 0 Å². The molecule has 84 valence electrons. The molecule has 0 aromatic carbocycles.